The molecule has 0 aliphatic carbocycles. The monoisotopic (exact) mass is 626 g/mol. The van der Waals surface area contributed by atoms with Gasteiger partial charge < -0.3 is 12.3 Å². The smallest absolute Gasteiger partial charge is 0.413 e. The van der Waals surface area contributed by atoms with E-state index in [1.165, 1.54) is 31.1 Å². The molecule has 0 unspecified atom stereocenters. The summed E-state index contributed by atoms with van der Waals surface area (Å²) in [7, 11) is -9.18. The molecule has 0 fully saturated rings. The highest BCUT2D eigenvalue weighted by molar-refractivity contribution is 6.90. The van der Waals surface area contributed by atoms with E-state index in [1.54, 1.807) is 0 Å². The zero-order chi connectivity index (χ0) is 29.1. The molecule has 7 heteroatoms. The SMILES string of the molecule is c1ccc([SiH](O[SiH](O[SiH](c2ccccc2)c2ccccc2)O[SiH](c2ccccc2)c2ccccc2)c2ccccc2)cc1. The molecule has 212 valence electrons. The Morgan fingerprint density at radius 3 is 0.558 bits per heavy atom. The minimum Gasteiger partial charge on any atom is -0.413 e. The van der Waals surface area contributed by atoms with Crippen LogP contribution in [-0.2, 0) is 12.3 Å². The van der Waals surface area contributed by atoms with E-state index >= 15 is 0 Å². The summed E-state index contributed by atoms with van der Waals surface area (Å²) < 4.78 is 21.8. The van der Waals surface area contributed by atoms with E-state index in [9.17, 15) is 0 Å². The van der Waals surface area contributed by atoms with Crippen molar-refractivity contribution in [2.45, 2.75) is 0 Å². The van der Waals surface area contributed by atoms with E-state index < -0.39 is 36.6 Å². The van der Waals surface area contributed by atoms with Crippen molar-refractivity contribution >= 4 is 67.8 Å². The van der Waals surface area contributed by atoms with Crippen LogP contribution in [0.25, 0.3) is 0 Å². The van der Waals surface area contributed by atoms with Crippen LogP contribution in [0.3, 0.4) is 0 Å². The lowest BCUT2D eigenvalue weighted by atomic mass is 10.4. The molecule has 0 amide bonds. The first-order chi connectivity index (χ1) is 21.3. The molecular weight excluding hydrogens is 593 g/mol. The summed E-state index contributed by atoms with van der Waals surface area (Å²) in [5, 5.41) is 7.30. The fraction of sp³-hybridized carbons (Fsp3) is 0. The van der Waals surface area contributed by atoms with Gasteiger partial charge in [0, 0.05) is 0 Å². The maximum atomic E-state index is 7.27. The first kappa shape index (κ1) is 29.2. The molecular formula is C36H34O3Si4. The molecule has 0 saturated carbocycles. The van der Waals surface area contributed by atoms with E-state index in [0.29, 0.717) is 0 Å². The fourth-order valence-corrected chi connectivity index (χ4v) is 18.8. The molecule has 6 aromatic rings. The van der Waals surface area contributed by atoms with Crippen LogP contribution in [0.2, 0.25) is 0 Å². The average molecular weight is 627 g/mol. The van der Waals surface area contributed by atoms with E-state index in [4.69, 9.17) is 12.3 Å². The Morgan fingerprint density at radius 2 is 0.395 bits per heavy atom. The third-order valence-corrected chi connectivity index (χ3v) is 19.2. The molecule has 43 heavy (non-hydrogen) atoms. The molecule has 0 aliphatic heterocycles. The van der Waals surface area contributed by atoms with Crippen LogP contribution >= 0.6 is 0 Å². The minimum absolute atomic E-state index is 1.22. The van der Waals surface area contributed by atoms with Crippen LogP contribution in [0.1, 0.15) is 0 Å². The Balaban J connectivity index is 1.43. The predicted molar refractivity (Wildman–Crippen MR) is 188 cm³/mol. The second-order valence-corrected chi connectivity index (χ2v) is 20.4. The summed E-state index contributed by atoms with van der Waals surface area (Å²) >= 11 is 0. The summed E-state index contributed by atoms with van der Waals surface area (Å²) in [4.78, 5) is 0. The normalized spacial score (nSPS) is 11.4. The summed E-state index contributed by atoms with van der Waals surface area (Å²) in [6, 6.07) is 63.7. The highest BCUT2D eigenvalue weighted by Crippen LogP contribution is 2.07. The lowest BCUT2D eigenvalue weighted by Crippen LogP contribution is -2.58. The molecule has 0 heterocycles. The minimum atomic E-state index is -2.74. The van der Waals surface area contributed by atoms with Crippen molar-refractivity contribution in [3.8, 4) is 0 Å². The van der Waals surface area contributed by atoms with Crippen molar-refractivity contribution in [3.05, 3.63) is 182 Å². The van der Waals surface area contributed by atoms with Gasteiger partial charge in [0.2, 0.25) is 27.1 Å². The van der Waals surface area contributed by atoms with Crippen molar-refractivity contribution in [1.29, 1.82) is 0 Å². The molecule has 0 aliphatic rings. The standard InChI is InChI=1S/C36H34O3Si4/c1-7-19-31(20-8-1)40(32-21-9-2-10-22-32)37-43(38-41(33-23-11-3-12-24-33)34-25-13-4-14-26-34)39-42(35-27-15-5-16-28-35)36-29-17-6-18-30-36/h1-30,40-43H. The van der Waals surface area contributed by atoms with Gasteiger partial charge >= 0.3 is 9.53 Å². The Kier molecular flexibility index (Phi) is 10.2. The molecule has 0 radical (unpaired) electrons. The number of benzene rings is 6. The van der Waals surface area contributed by atoms with Crippen LogP contribution < -0.4 is 31.1 Å². The largest absolute Gasteiger partial charge is 0.453 e. The summed E-state index contributed by atoms with van der Waals surface area (Å²) in [6.07, 6.45) is 0. The van der Waals surface area contributed by atoms with Gasteiger partial charge in [-0.25, -0.2) is 0 Å². The van der Waals surface area contributed by atoms with E-state index in [1.807, 2.05) is 0 Å². The van der Waals surface area contributed by atoms with Crippen molar-refractivity contribution in [3.63, 3.8) is 0 Å². The van der Waals surface area contributed by atoms with E-state index in [-0.39, 0.29) is 0 Å². The molecule has 0 saturated heterocycles. The van der Waals surface area contributed by atoms with E-state index in [0.717, 1.165) is 0 Å². The Hall–Kier alpha value is -3.93. The Bertz CT molecular complexity index is 1330. The molecule has 0 aromatic heterocycles. The van der Waals surface area contributed by atoms with Crippen LogP contribution in [0.4, 0.5) is 0 Å². The van der Waals surface area contributed by atoms with Crippen molar-refractivity contribution in [1.82, 2.24) is 0 Å². The second-order valence-electron chi connectivity index (χ2n) is 10.3. The third-order valence-electron chi connectivity index (χ3n) is 7.36. The second kappa shape index (κ2) is 15.0. The molecule has 6 aromatic carbocycles. The molecule has 0 bridgehead atoms. The van der Waals surface area contributed by atoms with Gasteiger partial charge in [-0.15, -0.1) is 0 Å². The Morgan fingerprint density at radius 1 is 0.233 bits per heavy atom. The molecule has 0 spiro atoms. The topological polar surface area (TPSA) is 27.7 Å². The van der Waals surface area contributed by atoms with Crippen LogP contribution in [-0.4, -0.2) is 36.6 Å². The molecule has 0 atom stereocenters. The van der Waals surface area contributed by atoms with Gasteiger partial charge in [0.25, 0.3) is 0 Å². The summed E-state index contributed by atoms with van der Waals surface area (Å²) in [5.41, 5.74) is 0. The van der Waals surface area contributed by atoms with Gasteiger partial charge in [-0.1, -0.05) is 182 Å². The van der Waals surface area contributed by atoms with Gasteiger partial charge in [0.15, 0.2) is 0 Å². The van der Waals surface area contributed by atoms with Crippen LogP contribution in [0, 0.1) is 0 Å². The lowest BCUT2D eigenvalue weighted by Gasteiger charge is -2.30. The van der Waals surface area contributed by atoms with Gasteiger partial charge in [0.05, 0.1) is 0 Å². The van der Waals surface area contributed by atoms with Crippen LogP contribution in [0.15, 0.2) is 182 Å². The fourth-order valence-electron chi connectivity index (χ4n) is 5.25. The average Bonchev–Trinajstić information content (AvgIpc) is 3.10. The zero-order valence-corrected chi connectivity index (χ0v) is 28.5. The van der Waals surface area contributed by atoms with Crippen LogP contribution in [0.5, 0.6) is 0 Å². The molecule has 0 N–H and O–H groups in total. The Labute approximate surface area is 261 Å². The first-order valence-electron chi connectivity index (χ1n) is 14.6. The summed E-state index contributed by atoms with van der Waals surface area (Å²) in [6.45, 7) is 0. The van der Waals surface area contributed by atoms with Gasteiger partial charge in [0.1, 0.15) is 0 Å². The maximum absolute atomic E-state index is 7.27. The highest BCUT2D eigenvalue weighted by Gasteiger charge is 2.33. The first-order valence-corrected chi connectivity index (χ1v) is 20.9. The van der Waals surface area contributed by atoms with Crippen molar-refractivity contribution in [2.75, 3.05) is 0 Å². The number of hydrogen-bond acceptors (Lipinski definition) is 3. The summed E-state index contributed by atoms with van der Waals surface area (Å²) in [5.74, 6) is 0. The molecule has 3 nitrogen and oxygen atoms in total. The van der Waals surface area contributed by atoms with Crippen molar-refractivity contribution < 1.29 is 12.3 Å². The quantitative estimate of drug-likeness (QED) is 0.195. The van der Waals surface area contributed by atoms with Gasteiger partial charge in [-0.2, -0.15) is 0 Å². The number of hydrogen-bond donors (Lipinski definition) is 0. The highest BCUT2D eigenvalue weighted by atomic mass is 28.5. The third kappa shape index (κ3) is 7.72. The van der Waals surface area contributed by atoms with Crippen molar-refractivity contribution in [2.24, 2.45) is 0 Å². The van der Waals surface area contributed by atoms with Gasteiger partial charge in [-0.3, -0.25) is 0 Å². The zero-order valence-electron chi connectivity index (χ0n) is 23.9. The maximum Gasteiger partial charge on any atom is 0.453 e. The lowest BCUT2D eigenvalue weighted by molar-refractivity contribution is 0.326. The molecule has 6 rings (SSSR count). The van der Waals surface area contributed by atoms with Gasteiger partial charge in [-0.05, 0) is 31.1 Å². The van der Waals surface area contributed by atoms with E-state index in [2.05, 4.69) is 182 Å². The predicted octanol–water partition coefficient (Wildman–Crippen LogP) is 2.37. The number of rotatable bonds is 12.